The Morgan fingerprint density at radius 1 is 0.806 bits per heavy atom. The summed E-state index contributed by atoms with van der Waals surface area (Å²) in [6, 6.07) is 13.8. The van der Waals surface area contributed by atoms with E-state index in [1.54, 1.807) is 48.5 Å². The number of carbonyl (C=O) groups is 3. The fraction of sp³-hybridized carbons (Fsp3) is 0.375. The normalized spacial score (nSPS) is 10.3. The van der Waals surface area contributed by atoms with Crippen molar-refractivity contribution in [2.75, 3.05) is 29.1 Å². The summed E-state index contributed by atoms with van der Waals surface area (Å²) in [6.07, 6.45) is 4.23. The van der Waals surface area contributed by atoms with E-state index in [-0.39, 0.29) is 24.3 Å². The van der Waals surface area contributed by atoms with Gasteiger partial charge in [0, 0.05) is 23.5 Å². The van der Waals surface area contributed by atoms with Crippen molar-refractivity contribution in [2.45, 2.75) is 46.0 Å². The van der Waals surface area contributed by atoms with Gasteiger partial charge in [-0.3, -0.25) is 9.59 Å². The van der Waals surface area contributed by atoms with Crippen LogP contribution in [0.1, 0.15) is 56.3 Å². The lowest BCUT2D eigenvalue weighted by molar-refractivity contribution is -0.116. The molecule has 0 spiro atoms. The summed E-state index contributed by atoms with van der Waals surface area (Å²) < 4.78 is 5.09. The molecule has 0 fully saturated rings. The number of anilines is 3. The van der Waals surface area contributed by atoms with Gasteiger partial charge in [0.25, 0.3) is 0 Å². The first-order valence-electron chi connectivity index (χ1n) is 10.7. The number of esters is 1. The van der Waals surface area contributed by atoms with E-state index in [0.29, 0.717) is 30.0 Å². The Hall–Kier alpha value is -3.35. The molecular formula is C24H31N3O4. The number of rotatable bonds is 12. The topological polar surface area (TPSA) is 96.5 Å². The first kappa shape index (κ1) is 23.9. The second-order valence-corrected chi connectivity index (χ2v) is 7.20. The van der Waals surface area contributed by atoms with Crippen LogP contribution in [-0.4, -0.2) is 30.9 Å². The zero-order valence-electron chi connectivity index (χ0n) is 18.2. The van der Waals surface area contributed by atoms with Crippen molar-refractivity contribution in [2.24, 2.45) is 0 Å². The Kier molecular flexibility index (Phi) is 10.1. The third-order valence-corrected chi connectivity index (χ3v) is 4.45. The van der Waals surface area contributed by atoms with Gasteiger partial charge in [-0.05, 0) is 55.3 Å². The molecule has 0 heterocycles. The van der Waals surface area contributed by atoms with Gasteiger partial charge in [-0.15, -0.1) is 0 Å². The van der Waals surface area contributed by atoms with E-state index >= 15 is 0 Å². The zero-order valence-corrected chi connectivity index (χ0v) is 18.2. The first-order chi connectivity index (χ1) is 15.0. The molecule has 0 atom stereocenters. The Bertz CT molecular complexity index is 865. The summed E-state index contributed by atoms with van der Waals surface area (Å²) in [5.74, 6) is -0.609. The maximum atomic E-state index is 12.3. The summed E-state index contributed by atoms with van der Waals surface area (Å²) in [5.41, 5.74) is 2.44. The highest BCUT2D eigenvalue weighted by molar-refractivity contribution is 5.96. The van der Waals surface area contributed by atoms with E-state index in [1.165, 1.54) is 0 Å². The number of benzene rings is 2. The van der Waals surface area contributed by atoms with Crippen LogP contribution in [0.3, 0.4) is 0 Å². The molecule has 0 aliphatic carbocycles. The first-order valence-corrected chi connectivity index (χ1v) is 10.7. The van der Waals surface area contributed by atoms with Gasteiger partial charge in [0.1, 0.15) is 0 Å². The van der Waals surface area contributed by atoms with Gasteiger partial charge in [0.15, 0.2) is 0 Å². The summed E-state index contributed by atoms with van der Waals surface area (Å²) >= 11 is 0. The molecule has 0 radical (unpaired) electrons. The molecule has 0 saturated heterocycles. The SMILES string of the molecule is CCCCCC(=O)Nc1cccc(NC(=O)CNc2ccc(C(=O)OCCC)cc2)c1. The maximum Gasteiger partial charge on any atom is 0.338 e. The van der Waals surface area contributed by atoms with Crippen LogP contribution in [0.25, 0.3) is 0 Å². The highest BCUT2D eigenvalue weighted by Crippen LogP contribution is 2.16. The molecule has 0 unspecified atom stereocenters. The standard InChI is InChI=1S/C24H31N3O4/c1-3-5-6-10-22(28)26-20-8-7-9-21(16-20)27-23(29)17-25-19-13-11-18(12-14-19)24(30)31-15-4-2/h7-9,11-14,16,25H,3-6,10,15,17H2,1-2H3,(H,26,28)(H,27,29). The van der Waals surface area contributed by atoms with Crippen molar-refractivity contribution in [3.63, 3.8) is 0 Å². The predicted molar refractivity (Wildman–Crippen MR) is 123 cm³/mol. The molecule has 2 amide bonds. The van der Waals surface area contributed by atoms with E-state index in [9.17, 15) is 14.4 Å². The number of ether oxygens (including phenoxy) is 1. The van der Waals surface area contributed by atoms with E-state index in [2.05, 4.69) is 22.9 Å². The number of carbonyl (C=O) groups excluding carboxylic acids is 3. The van der Waals surface area contributed by atoms with Gasteiger partial charge >= 0.3 is 5.97 Å². The number of unbranched alkanes of at least 4 members (excludes halogenated alkanes) is 2. The quantitative estimate of drug-likeness (QED) is 0.335. The Labute approximate surface area is 183 Å². The second-order valence-electron chi connectivity index (χ2n) is 7.20. The van der Waals surface area contributed by atoms with Gasteiger partial charge in [0.2, 0.25) is 11.8 Å². The molecule has 7 nitrogen and oxygen atoms in total. The fourth-order valence-electron chi connectivity index (χ4n) is 2.82. The van der Waals surface area contributed by atoms with Crippen molar-refractivity contribution < 1.29 is 19.1 Å². The van der Waals surface area contributed by atoms with E-state index in [1.807, 2.05) is 6.92 Å². The molecule has 0 aliphatic heterocycles. The Morgan fingerprint density at radius 2 is 1.48 bits per heavy atom. The van der Waals surface area contributed by atoms with E-state index < -0.39 is 0 Å². The molecule has 2 aromatic carbocycles. The van der Waals surface area contributed by atoms with Crippen molar-refractivity contribution in [1.29, 1.82) is 0 Å². The van der Waals surface area contributed by atoms with Crippen LogP contribution in [0, 0.1) is 0 Å². The molecule has 3 N–H and O–H groups in total. The van der Waals surface area contributed by atoms with Gasteiger partial charge in [-0.1, -0.05) is 32.8 Å². The number of hydrogen-bond acceptors (Lipinski definition) is 5. The van der Waals surface area contributed by atoms with E-state index in [4.69, 9.17) is 4.74 Å². The summed E-state index contributed by atoms with van der Waals surface area (Å²) in [7, 11) is 0. The van der Waals surface area contributed by atoms with Crippen LogP contribution in [0.2, 0.25) is 0 Å². The van der Waals surface area contributed by atoms with Crippen LogP contribution in [-0.2, 0) is 14.3 Å². The van der Waals surface area contributed by atoms with Crippen LogP contribution in [0.15, 0.2) is 48.5 Å². The van der Waals surface area contributed by atoms with Crippen molar-refractivity contribution in [3.8, 4) is 0 Å². The lowest BCUT2D eigenvalue weighted by Gasteiger charge is -2.10. The minimum absolute atomic E-state index is 0.0272. The summed E-state index contributed by atoms with van der Waals surface area (Å²) in [5, 5.41) is 8.68. The third kappa shape index (κ3) is 8.90. The summed E-state index contributed by atoms with van der Waals surface area (Å²) in [4.78, 5) is 36.0. The number of amides is 2. The van der Waals surface area contributed by atoms with Crippen LogP contribution >= 0.6 is 0 Å². The molecular weight excluding hydrogens is 394 g/mol. The Balaban J connectivity index is 1.80. The average Bonchev–Trinajstić information content (AvgIpc) is 2.77. The fourth-order valence-corrected chi connectivity index (χ4v) is 2.82. The number of hydrogen-bond donors (Lipinski definition) is 3. The predicted octanol–water partition coefficient (Wildman–Crippen LogP) is 4.82. The van der Waals surface area contributed by atoms with Gasteiger partial charge in [-0.2, -0.15) is 0 Å². The molecule has 0 bridgehead atoms. The van der Waals surface area contributed by atoms with Gasteiger partial charge in [-0.25, -0.2) is 4.79 Å². The largest absolute Gasteiger partial charge is 0.462 e. The van der Waals surface area contributed by atoms with Crippen molar-refractivity contribution in [1.82, 2.24) is 0 Å². The average molecular weight is 426 g/mol. The molecule has 166 valence electrons. The smallest absolute Gasteiger partial charge is 0.338 e. The summed E-state index contributed by atoms with van der Waals surface area (Å²) in [6.45, 7) is 4.49. The number of nitrogens with one attached hydrogen (secondary N) is 3. The highest BCUT2D eigenvalue weighted by atomic mass is 16.5. The highest BCUT2D eigenvalue weighted by Gasteiger charge is 2.08. The van der Waals surface area contributed by atoms with Gasteiger partial charge < -0.3 is 20.7 Å². The monoisotopic (exact) mass is 425 g/mol. The lowest BCUT2D eigenvalue weighted by atomic mass is 10.2. The molecule has 2 rings (SSSR count). The van der Waals surface area contributed by atoms with Crippen LogP contribution in [0.5, 0.6) is 0 Å². The molecule has 2 aromatic rings. The minimum Gasteiger partial charge on any atom is -0.462 e. The van der Waals surface area contributed by atoms with Gasteiger partial charge in [0.05, 0.1) is 18.7 Å². The minimum atomic E-state index is -0.358. The van der Waals surface area contributed by atoms with Crippen molar-refractivity contribution >= 4 is 34.8 Å². The lowest BCUT2D eigenvalue weighted by Crippen LogP contribution is -2.22. The maximum absolute atomic E-state index is 12.3. The van der Waals surface area contributed by atoms with Crippen LogP contribution in [0.4, 0.5) is 17.1 Å². The van der Waals surface area contributed by atoms with E-state index in [0.717, 1.165) is 31.4 Å². The third-order valence-electron chi connectivity index (χ3n) is 4.45. The second kappa shape index (κ2) is 13.1. The Morgan fingerprint density at radius 3 is 2.13 bits per heavy atom. The van der Waals surface area contributed by atoms with Crippen molar-refractivity contribution in [3.05, 3.63) is 54.1 Å². The molecule has 31 heavy (non-hydrogen) atoms. The molecule has 0 aromatic heterocycles. The van der Waals surface area contributed by atoms with Crippen LogP contribution < -0.4 is 16.0 Å². The molecule has 0 saturated carbocycles. The zero-order chi connectivity index (χ0) is 22.5. The molecule has 0 aliphatic rings. The molecule has 7 heteroatoms.